The van der Waals surface area contributed by atoms with Gasteiger partial charge in [0.25, 0.3) is 0 Å². The largest absolute Gasteiger partial charge is 0.336 e. The summed E-state index contributed by atoms with van der Waals surface area (Å²) in [5.74, 6) is -2.25. The summed E-state index contributed by atoms with van der Waals surface area (Å²) in [4.78, 5) is 51.3. The van der Waals surface area contributed by atoms with Crippen LogP contribution in [0.1, 0.15) is 58.3 Å². The third-order valence-corrected chi connectivity index (χ3v) is 5.83. The zero-order valence-corrected chi connectivity index (χ0v) is 15.0. The molecule has 3 rings (SSSR count). The predicted octanol–water partition coefficient (Wildman–Crippen LogP) is 1.31. The Bertz CT molecular complexity index is 677. The third kappa shape index (κ3) is 3.18. The fourth-order valence-electron chi connectivity index (χ4n) is 4.33. The van der Waals surface area contributed by atoms with Gasteiger partial charge in [-0.25, -0.2) is 9.69 Å². The second-order valence-corrected chi connectivity index (χ2v) is 7.63. The molecule has 140 valence electrons. The zero-order chi connectivity index (χ0) is 18.9. The van der Waals surface area contributed by atoms with Gasteiger partial charge >= 0.3 is 17.8 Å². The first-order chi connectivity index (χ1) is 12.4. The molecule has 2 atom stereocenters. The number of urea groups is 1. The summed E-state index contributed by atoms with van der Waals surface area (Å²) in [6.45, 7) is 1.45. The summed E-state index contributed by atoms with van der Waals surface area (Å²) in [5, 5.41) is 12.0. The first-order valence-electron chi connectivity index (χ1n) is 9.30. The van der Waals surface area contributed by atoms with Crippen molar-refractivity contribution in [2.75, 3.05) is 6.54 Å². The van der Waals surface area contributed by atoms with Crippen LogP contribution in [0.3, 0.4) is 0 Å². The van der Waals surface area contributed by atoms with Crippen LogP contribution in [0.5, 0.6) is 0 Å². The number of hydrogen-bond acceptors (Lipinski definition) is 5. The van der Waals surface area contributed by atoms with Gasteiger partial charge < -0.3 is 5.32 Å². The molecule has 0 radical (unpaired) electrons. The smallest absolute Gasteiger partial charge is 0.334 e. The minimum absolute atomic E-state index is 0.138. The maximum absolute atomic E-state index is 12.7. The highest BCUT2D eigenvalue weighted by Crippen LogP contribution is 2.31. The van der Waals surface area contributed by atoms with Gasteiger partial charge in [-0.05, 0) is 44.4 Å². The van der Waals surface area contributed by atoms with Crippen LogP contribution in [-0.4, -0.2) is 51.7 Å². The lowest BCUT2D eigenvalue weighted by Gasteiger charge is -2.34. The van der Waals surface area contributed by atoms with Crippen LogP contribution >= 0.6 is 0 Å². The van der Waals surface area contributed by atoms with Crippen molar-refractivity contribution in [1.82, 2.24) is 15.1 Å². The summed E-state index contributed by atoms with van der Waals surface area (Å²) in [6.07, 6.45) is 6.35. The molecule has 0 unspecified atom stereocenters. The number of nitriles is 1. The lowest BCUT2D eigenvalue weighted by Crippen LogP contribution is -2.50. The molecule has 1 saturated heterocycles. The monoisotopic (exact) mass is 360 g/mol. The Kier molecular flexibility index (Phi) is 4.99. The maximum Gasteiger partial charge on any atom is 0.334 e. The summed E-state index contributed by atoms with van der Waals surface area (Å²) in [6, 6.07) is 1.13. The number of rotatable bonds is 4. The molecular weight excluding hydrogens is 336 g/mol. The molecule has 8 nitrogen and oxygen atoms in total. The topological polar surface area (TPSA) is 111 Å². The van der Waals surface area contributed by atoms with E-state index in [-0.39, 0.29) is 12.0 Å². The molecule has 0 aromatic heterocycles. The van der Waals surface area contributed by atoms with Crippen LogP contribution in [0.15, 0.2) is 0 Å². The van der Waals surface area contributed by atoms with Crippen LogP contribution in [-0.2, 0) is 14.4 Å². The minimum atomic E-state index is -0.958. The van der Waals surface area contributed by atoms with Crippen LogP contribution < -0.4 is 5.32 Å². The molecule has 26 heavy (non-hydrogen) atoms. The van der Waals surface area contributed by atoms with E-state index in [0.717, 1.165) is 37.0 Å². The highest BCUT2D eigenvalue weighted by Gasteiger charge is 2.50. The first kappa shape index (κ1) is 18.4. The van der Waals surface area contributed by atoms with Gasteiger partial charge in [0.15, 0.2) is 0 Å². The molecule has 0 aromatic rings. The fraction of sp³-hybridized carbons (Fsp3) is 0.722. The van der Waals surface area contributed by atoms with Crippen LogP contribution in [0.25, 0.3) is 0 Å². The van der Waals surface area contributed by atoms with Crippen molar-refractivity contribution in [3.8, 4) is 6.07 Å². The molecule has 2 aliphatic carbocycles. The Labute approximate surface area is 152 Å². The Morgan fingerprint density at radius 3 is 2.42 bits per heavy atom. The third-order valence-electron chi connectivity index (χ3n) is 5.83. The SMILES string of the molecule is C[C@@H]1CCCC[C@H]1N1C(=O)C(=O)N(CC(=O)NC2(C#N)CCCC2)C1=O. The van der Waals surface area contributed by atoms with E-state index < -0.39 is 35.8 Å². The lowest BCUT2D eigenvalue weighted by molar-refractivity contribution is -0.145. The summed E-state index contributed by atoms with van der Waals surface area (Å²) in [7, 11) is 0. The minimum Gasteiger partial charge on any atom is -0.336 e. The first-order valence-corrected chi connectivity index (χ1v) is 9.30. The van der Waals surface area contributed by atoms with E-state index in [2.05, 4.69) is 11.4 Å². The molecular formula is C18H24N4O4. The van der Waals surface area contributed by atoms with Crippen molar-refractivity contribution in [1.29, 1.82) is 5.26 Å². The summed E-state index contributed by atoms with van der Waals surface area (Å²) in [5.41, 5.74) is -0.926. The van der Waals surface area contributed by atoms with Gasteiger partial charge in [0.05, 0.1) is 6.07 Å². The number of hydrogen-bond donors (Lipinski definition) is 1. The van der Waals surface area contributed by atoms with Gasteiger partial charge in [-0.1, -0.05) is 19.8 Å². The standard InChI is InChI=1S/C18H24N4O4/c1-12-6-2-3-7-13(12)22-16(25)15(24)21(17(22)26)10-14(23)20-18(11-19)8-4-5-9-18/h12-13H,2-10H2,1H3,(H,20,23)/t12-,13-/m1/s1. The Morgan fingerprint density at radius 2 is 1.81 bits per heavy atom. The molecule has 2 saturated carbocycles. The van der Waals surface area contributed by atoms with Gasteiger partial charge in [0.2, 0.25) is 5.91 Å². The Hall–Kier alpha value is -2.43. The molecule has 0 spiro atoms. The number of amides is 5. The van der Waals surface area contributed by atoms with Gasteiger partial charge in [0, 0.05) is 6.04 Å². The number of carbonyl (C=O) groups excluding carboxylic acids is 4. The van der Waals surface area contributed by atoms with Crippen LogP contribution in [0, 0.1) is 17.2 Å². The molecule has 0 aromatic carbocycles. The number of carbonyl (C=O) groups is 4. The van der Waals surface area contributed by atoms with E-state index in [1.54, 1.807) is 0 Å². The predicted molar refractivity (Wildman–Crippen MR) is 90.3 cm³/mol. The average Bonchev–Trinajstić information content (AvgIpc) is 3.16. The maximum atomic E-state index is 12.7. The molecule has 8 heteroatoms. The van der Waals surface area contributed by atoms with E-state index in [1.165, 1.54) is 0 Å². The fourth-order valence-corrected chi connectivity index (χ4v) is 4.33. The molecule has 5 amide bonds. The lowest BCUT2D eigenvalue weighted by atomic mass is 9.85. The van der Waals surface area contributed by atoms with Crippen molar-refractivity contribution in [2.45, 2.75) is 69.9 Å². The van der Waals surface area contributed by atoms with Gasteiger partial charge in [-0.3, -0.25) is 19.3 Å². The number of nitrogens with one attached hydrogen (secondary N) is 1. The van der Waals surface area contributed by atoms with Crippen molar-refractivity contribution >= 4 is 23.8 Å². The second-order valence-electron chi connectivity index (χ2n) is 7.63. The van der Waals surface area contributed by atoms with Gasteiger partial charge in [0.1, 0.15) is 12.1 Å². The highest BCUT2D eigenvalue weighted by molar-refractivity contribution is 6.45. The zero-order valence-electron chi connectivity index (χ0n) is 15.0. The molecule has 3 fully saturated rings. The summed E-state index contributed by atoms with van der Waals surface area (Å²) >= 11 is 0. The van der Waals surface area contributed by atoms with Crippen LogP contribution in [0.2, 0.25) is 0 Å². The second kappa shape index (κ2) is 7.06. The van der Waals surface area contributed by atoms with E-state index in [0.29, 0.717) is 24.2 Å². The van der Waals surface area contributed by atoms with E-state index in [1.807, 2.05) is 6.92 Å². The number of nitrogens with zero attached hydrogens (tertiary/aromatic N) is 3. The van der Waals surface area contributed by atoms with Crippen molar-refractivity contribution in [3.05, 3.63) is 0 Å². The normalized spacial score (nSPS) is 28.4. The number of imide groups is 2. The average molecular weight is 360 g/mol. The van der Waals surface area contributed by atoms with Gasteiger partial charge in [-0.2, -0.15) is 5.26 Å². The van der Waals surface area contributed by atoms with E-state index in [4.69, 9.17) is 0 Å². The van der Waals surface area contributed by atoms with Crippen molar-refractivity contribution in [3.63, 3.8) is 0 Å². The molecule has 3 aliphatic rings. The van der Waals surface area contributed by atoms with Gasteiger partial charge in [-0.15, -0.1) is 0 Å². The Morgan fingerprint density at radius 1 is 1.15 bits per heavy atom. The highest BCUT2D eigenvalue weighted by atomic mass is 16.2. The molecule has 0 bridgehead atoms. The van der Waals surface area contributed by atoms with E-state index in [9.17, 15) is 24.4 Å². The molecule has 1 aliphatic heterocycles. The van der Waals surface area contributed by atoms with Crippen molar-refractivity contribution in [2.24, 2.45) is 5.92 Å². The quantitative estimate of drug-likeness (QED) is 0.600. The van der Waals surface area contributed by atoms with Crippen LogP contribution in [0.4, 0.5) is 4.79 Å². The molecule has 1 N–H and O–H groups in total. The molecule has 1 heterocycles. The van der Waals surface area contributed by atoms with E-state index >= 15 is 0 Å². The summed E-state index contributed by atoms with van der Waals surface area (Å²) < 4.78 is 0. The van der Waals surface area contributed by atoms with Crippen molar-refractivity contribution < 1.29 is 19.2 Å². The Balaban J connectivity index is 1.69.